The Morgan fingerprint density at radius 3 is 2.88 bits per heavy atom. The number of ether oxygens (including phenoxy) is 3. The predicted octanol–water partition coefficient (Wildman–Crippen LogP) is 0.163. The Balaban J connectivity index is 1.88. The van der Waals surface area contributed by atoms with E-state index in [1.54, 1.807) is 0 Å². The van der Waals surface area contributed by atoms with Gasteiger partial charge in [-0.15, -0.1) is 0 Å². The molecule has 2 heterocycles. The molecular formula is C11H19AsO4. The Morgan fingerprint density at radius 1 is 1.44 bits per heavy atom. The molecule has 0 saturated carbocycles. The quantitative estimate of drug-likeness (QED) is 0.549. The summed E-state index contributed by atoms with van der Waals surface area (Å²) in [4.78, 5) is 11.8. The summed E-state index contributed by atoms with van der Waals surface area (Å²) in [6, 6.07) is 0. The molecule has 2 rings (SSSR count). The van der Waals surface area contributed by atoms with Gasteiger partial charge in [0.1, 0.15) is 0 Å². The second-order valence-electron chi connectivity index (χ2n) is 4.74. The molecule has 2 aliphatic rings. The Morgan fingerprint density at radius 2 is 2.19 bits per heavy atom. The zero-order valence-electron chi connectivity index (χ0n) is 9.72. The number of carbonyl (C=O) groups excluding carboxylic acids is 1. The summed E-state index contributed by atoms with van der Waals surface area (Å²) in [5.41, 5.74) is 0. The van der Waals surface area contributed by atoms with Gasteiger partial charge in [0.25, 0.3) is 0 Å². The maximum atomic E-state index is 11.8. The van der Waals surface area contributed by atoms with Gasteiger partial charge in [-0.1, -0.05) is 0 Å². The van der Waals surface area contributed by atoms with Crippen LogP contribution in [-0.4, -0.2) is 54.3 Å². The van der Waals surface area contributed by atoms with Gasteiger partial charge in [-0.2, -0.15) is 0 Å². The minimum absolute atomic E-state index is 0.00652. The van der Waals surface area contributed by atoms with E-state index >= 15 is 0 Å². The second kappa shape index (κ2) is 5.07. The molecule has 5 atom stereocenters. The van der Waals surface area contributed by atoms with Gasteiger partial charge in [0, 0.05) is 0 Å². The van der Waals surface area contributed by atoms with Crippen LogP contribution < -0.4 is 0 Å². The summed E-state index contributed by atoms with van der Waals surface area (Å²) < 4.78 is 16.5. The van der Waals surface area contributed by atoms with Gasteiger partial charge in [0.2, 0.25) is 0 Å². The Hall–Kier alpha value is -0.0516. The topological polar surface area (TPSA) is 44.8 Å². The van der Waals surface area contributed by atoms with Gasteiger partial charge in [-0.05, 0) is 0 Å². The summed E-state index contributed by atoms with van der Waals surface area (Å²) in [6.07, 6.45) is 0.827. The summed E-state index contributed by atoms with van der Waals surface area (Å²) in [5, 5.41) is 0. The van der Waals surface area contributed by atoms with Crippen LogP contribution in [0.3, 0.4) is 0 Å². The van der Waals surface area contributed by atoms with Gasteiger partial charge in [-0.3, -0.25) is 0 Å². The van der Waals surface area contributed by atoms with E-state index in [0.29, 0.717) is 19.1 Å². The zero-order chi connectivity index (χ0) is 11.7. The fraction of sp³-hybridized carbons (Fsp3) is 0.909. The molecule has 4 nitrogen and oxygen atoms in total. The van der Waals surface area contributed by atoms with E-state index in [-0.39, 0.29) is 29.0 Å². The molecule has 0 aromatic rings. The summed E-state index contributed by atoms with van der Waals surface area (Å²) in [5.74, 6) is 0.217. The molecule has 16 heavy (non-hydrogen) atoms. The van der Waals surface area contributed by atoms with Crippen molar-refractivity contribution in [2.75, 3.05) is 13.2 Å². The standard InChI is InChI=1S/C11H19AsO4/c1-6(2)9(12)11(13)16-8-5-15-7-3-4-14-10(7)8/h6-10H,3-5,12H2,1-2H3/t7-,8-,9+,10-/m1/s1. The third-order valence-corrected chi connectivity index (χ3v) is 5.36. The molecule has 0 amide bonds. The van der Waals surface area contributed by atoms with E-state index in [4.69, 9.17) is 14.2 Å². The minimum atomic E-state index is -0.197. The van der Waals surface area contributed by atoms with Gasteiger partial charge < -0.3 is 0 Å². The summed E-state index contributed by atoms with van der Waals surface area (Å²) >= 11 is 1.42. The van der Waals surface area contributed by atoms with Crippen molar-refractivity contribution in [3.05, 3.63) is 0 Å². The van der Waals surface area contributed by atoms with Crippen LogP contribution in [0.5, 0.6) is 0 Å². The van der Waals surface area contributed by atoms with Crippen LogP contribution >= 0.6 is 0 Å². The molecule has 2 aliphatic heterocycles. The van der Waals surface area contributed by atoms with Crippen molar-refractivity contribution in [2.24, 2.45) is 5.92 Å². The fourth-order valence-electron chi connectivity index (χ4n) is 2.03. The first-order valence-electron chi connectivity index (χ1n) is 5.79. The average Bonchev–Trinajstić information content (AvgIpc) is 2.81. The first kappa shape index (κ1) is 12.4. The van der Waals surface area contributed by atoms with Crippen LogP contribution in [0.1, 0.15) is 20.3 Å². The number of rotatable bonds is 3. The van der Waals surface area contributed by atoms with Gasteiger partial charge in [-0.25, -0.2) is 0 Å². The number of carbonyl (C=O) groups is 1. The van der Waals surface area contributed by atoms with Crippen molar-refractivity contribution in [1.82, 2.24) is 0 Å². The van der Waals surface area contributed by atoms with Crippen LogP contribution in [0.4, 0.5) is 0 Å². The van der Waals surface area contributed by atoms with Crippen molar-refractivity contribution in [3.8, 4) is 0 Å². The number of fused-ring (bicyclic) bond motifs is 1. The fourth-order valence-corrected chi connectivity index (χ4v) is 2.20. The molecule has 5 heteroatoms. The molecular weight excluding hydrogens is 271 g/mol. The molecule has 92 valence electrons. The molecule has 0 aliphatic carbocycles. The molecule has 2 saturated heterocycles. The van der Waals surface area contributed by atoms with Crippen molar-refractivity contribution in [1.29, 1.82) is 0 Å². The van der Waals surface area contributed by atoms with Crippen LogP contribution in [0.2, 0.25) is 4.71 Å². The Labute approximate surface area is 104 Å². The van der Waals surface area contributed by atoms with Gasteiger partial charge in [0.05, 0.1) is 0 Å². The van der Waals surface area contributed by atoms with Crippen molar-refractivity contribution < 1.29 is 19.0 Å². The van der Waals surface area contributed by atoms with E-state index in [0.717, 1.165) is 6.42 Å². The first-order valence-corrected chi connectivity index (χ1v) is 7.18. The summed E-state index contributed by atoms with van der Waals surface area (Å²) in [6.45, 7) is 5.27. The first-order chi connectivity index (χ1) is 7.59. The van der Waals surface area contributed by atoms with Crippen molar-refractivity contribution >= 4 is 22.8 Å². The van der Waals surface area contributed by atoms with E-state index < -0.39 is 0 Å². The number of hydrogen-bond acceptors (Lipinski definition) is 4. The van der Waals surface area contributed by atoms with E-state index in [2.05, 4.69) is 0 Å². The van der Waals surface area contributed by atoms with Crippen LogP contribution in [0.15, 0.2) is 0 Å². The molecule has 0 aromatic heterocycles. The third-order valence-electron chi connectivity index (χ3n) is 3.18. The van der Waals surface area contributed by atoms with E-state index in [9.17, 15) is 4.79 Å². The van der Waals surface area contributed by atoms with Crippen LogP contribution in [0.25, 0.3) is 0 Å². The van der Waals surface area contributed by atoms with Crippen LogP contribution in [-0.2, 0) is 19.0 Å². The zero-order valence-corrected chi connectivity index (χ0v) is 12.1. The summed E-state index contributed by atoms with van der Waals surface area (Å²) in [7, 11) is 0. The molecule has 0 radical (unpaired) electrons. The molecule has 0 spiro atoms. The molecule has 1 unspecified atom stereocenters. The third kappa shape index (κ3) is 2.44. The molecule has 0 bridgehead atoms. The van der Waals surface area contributed by atoms with Crippen molar-refractivity contribution in [3.63, 3.8) is 0 Å². The van der Waals surface area contributed by atoms with Gasteiger partial charge >= 0.3 is 104 Å². The van der Waals surface area contributed by atoms with Crippen molar-refractivity contribution in [2.45, 2.75) is 43.3 Å². The van der Waals surface area contributed by atoms with E-state index in [1.165, 1.54) is 16.9 Å². The normalized spacial score (nSPS) is 35.1. The van der Waals surface area contributed by atoms with Crippen LogP contribution in [0, 0.1) is 5.92 Å². The van der Waals surface area contributed by atoms with Gasteiger partial charge in [0.15, 0.2) is 0 Å². The second-order valence-corrected chi connectivity index (χ2v) is 6.25. The average molecular weight is 290 g/mol. The number of esters is 1. The van der Waals surface area contributed by atoms with E-state index in [1.807, 2.05) is 13.8 Å². The molecule has 0 N–H and O–H groups in total. The Kier molecular flexibility index (Phi) is 3.93. The number of hydrogen-bond donors (Lipinski definition) is 0. The maximum absolute atomic E-state index is 11.8. The molecule has 2 fully saturated rings. The molecule has 0 aromatic carbocycles. The SMILES string of the molecule is CC(C)[C@H]([AsH2])C(=O)O[C@@H]1CO[C@@H]2CCO[C@H]21. The Bertz CT molecular complexity index is 269. The monoisotopic (exact) mass is 290 g/mol. The predicted molar refractivity (Wildman–Crippen MR) is 61.1 cm³/mol.